The Morgan fingerprint density at radius 1 is 1.14 bits per heavy atom. The Hall–Kier alpha value is -1.42. The standard InChI is InChI=1S/C10H11N3S/c1-6-3-4-8(5-7(6)2)9-11-10(14)13-12-9/h3-5H,1-2H3,(H2,11,12,13,14). The molecule has 0 radical (unpaired) electrons. The highest BCUT2D eigenvalue weighted by atomic mass is 32.1. The lowest BCUT2D eigenvalue weighted by molar-refractivity contribution is 1.08. The van der Waals surface area contributed by atoms with Gasteiger partial charge in [0.25, 0.3) is 0 Å². The number of aromatic amines is 2. The molecule has 0 bridgehead atoms. The van der Waals surface area contributed by atoms with Crippen LogP contribution in [0.2, 0.25) is 0 Å². The van der Waals surface area contributed by atoms with Crippen molar-refractivity contribution in [3.63, 3.8) is 0 Å². The van der Waals surface area contributed by atoms with Crippen molar-refractivity contribution in [2.75, 3.05) is 0 Å². The monoisotopic (exact) mass is 205 g/mol. The molecule has 0 amide bonds. The average Bonchev–Trinajstić information content (AvgIpc) is 2.57. The normalized spacial score (nSPS) is 10.4. The van der Waals surface area contributed by atoms with E-state index in [0.29, 0.717) is 4.77 Å². The molecule has 0 atom stereocenters. The highest BCUT2D eigenvalue weighted by Crippen LogP contribution is 2.17. The van der Waals surface area contributed by atoms with Gasteiger partial charge in [-0.2, -0.15) is 4.98 Å². The molecule has 2 aromatic rings. The summed E-state index contributed by atoms with van der Waals surface area (Å²) in [5.74, 6) is 0.790. The van der Waals surface area contributed by atoms with Crippen molar-refractivity contribution in [1.29, 1.82) is 0 Å². The van der Waals surface area contributed by atoms with Crippen LogP contribution < -0.4 is 0 Å². The highest BCUT2D eigenvalue weighted by Gasteiger charge is 2.01. The summed E-state index contributed by atoms with van der Waals surface area (Å²) in [7, 11) is 0. The van der Waals surface area contributed by atoms with E-state index in [4.69, 9.17) is 12.2 Å². The Balaban J connectivity index is 2.52. The fourth-order valence-electron chi connectivity index (χ4n) is 1.30. The molecule has 72 valence electrons. The van der Waals surface area contributed by atoms with Gasteiger partial charge in [0.2, 0.25) is 4.77 Å². The smallest absolute Gasteiger partial charge is 0.213 e. The number of benzene rings is 1. The zero-order valence-electron chi connectivity index (χ0n) is 8.09. The maximum absolute atomic E-state index is 4.89. The number of hydrogen-bond acceptors (Lipinski definition) is 2. The fraction of sp³-hybridized carbons (Fsp3) is 0.200. The topological polar surface area (TPSA) is 44.5 Å². The summed E-state index contributed by atoms with van der Waals surface area (Å²) < 4.78 is 0.484. The molecular formula is C10H11N3S. The Morgan fingerprint density at radius 2 is 1.93 bits per heavy atom. The van der Waals surface area contributed by atoms with Crippen molar-refractivity contribution >= 4 is 12.2 Å². The van der Waals surface area contributed by atoms with E-state index in [9.17, 15) is 0 Å². The van der Waals surface area contributed by atoms with E-state index in [1.807, 2.05) is 6.07 Å². The molecule has 0 saturated heterocycles. The van der Waals surface area contributed by atoms with Crippen molar-refractivity contribution < 1.29 is 0 Å². The van der Waals surface area contributed by atoms with E-state index < -0.39 is 0 Å². The third-order valence-corrected chi connectivity index (χ3v) is 2.47. The molecule has 2 N–H and O–H groups in total. The largest absolute Gasteiger partial charge is 0.282 e. The van der Waals surface area contributed by atoms with Crippen LogP contribution in [0.4, 0.5) is 0 Å². The van der Waals surface area contributed by atoms with Gasteiger partial charge < -0.3 is 0 Å². The van der Waals surface area contributed by atoms with Gasteiger partial charge >= 0.3 is 0 Å². The summed E-state index contributed by atoms with van der Waals surface area (Å²) in [5.41, 5.74) is 3.59. The van der Waals surface area contributed by atoms with E-state index in [1.54, 1.807) is 0 Å². The molecule has 1 heterocycles. The molecule has 1 aromatic heterocycles. The second-order valence-corrected chi connectivity index (χ2v) is 3.70. The zero-order valence-corrected chi connectivity index (χ0v) is 8.90. The van der Waals surface area contributed by atoms with Crippen LogP contribution in [0.1, 0.15) is 11.1 Å². The predicted octanol–water partition coefficient (Wildman–Crippen LogP) is 2.75. The lowest BCUT2D eigenvalue weighted by Crippen LogP contribution is -1.85. The van der Waals surface area contributed by atoms with Gasteiger partial charge in [-0.1, -0.05) is 12.1 Å². The van der Waals surface area contributed by atoms with Crippen molar-refractivity contribution in [2.24, 2.45) is 0 Å². The lowest BCUT2D eigenvalue weighted by atomic mass is 10.1. The molecule has 0 aliphatic rings. The molecule has 0 aliphatic carbocycles. The van der Waals surface area contributed by atoms with Gasteiger partial charge in [-0.05, 0) is 43.3 Å². The first-order valence-electron chi connectivity index (χ1n) is 4.39. The Kier molecular flexibility index (Phi) is 2.21. The van der Waals surface area contributed by atoms with Crippen LogP contribution in [0.3, 0.4) is 0 Å². The van der Waals surface area contributed by atoms with Crippen molar-refractivity contribution in [3.8, 4) is 11.4 Å². The Morgan fingerprint density at radius 3 is 2.50 bits per heavy atom. The van der Waals surface area contributed by atoms with Crippen LogP contribution in [0.25, 0.3) is 11.4 Å². The van der Waals surface area contributed by atoms with Crippen LogP contribution in [-0.4, -0.2) is 15.2 Å². The predicted molar refractivity (Wildman–Crippen MR) is 58.7 cm³/mol. The van der Waals surface area contributed by atoms with E-state index in [1.165, 1.54) is 11.1 Å². The summed E-state index contributed by atoms with van der Waals surface area (Å²) in [4.78, 5) is 4.16. The number of hydrogen-bond donors (Lipinski definition) is 2. The molecule has 0 spiro atoms. The maximum atomic E-state index is 4.89. The van der Waals surface area contributed by atoms with E-state index in [2.05, 4.69) is 41.2 Å². The molecule has 0 aliphatic heterocycles. The summed E-state index contributed by atoms with van der Waals surface area (Å²) in [5, 5.41) is 5.71. The first kappa shape index (κ1) is 9.15. The number of nitrogens with one attached hydrogen (secondary N) is 2. The quantitative estimate of drug-likeness (QED) is 0.703. The fourth-order valence-corrected chi connectivity index (χ4v) is 1.44. The molecule has 0 saturated carbocycles. The third kappa shape index (κ3) is 1.61. The Bertz CT molecular complexity index is 510. The van der Waals surface area contributed by atoms with Crippen molar-refractivity contribution in [3.05, 3.63) is 34.1 Å². The molecule has 3 nitrogen and oxygen atoms in total. The molecule has 2 rings (SSSR count). The molecule has 0 unspecified atom stereocenters. The van der Waals surface area contributed by atoms with Gasteiger partial charge in [0.1, 0.15) is 0 Å². The van der Waals surface area contributed by atoms with Crippen molar-refractivity contribution in [2.45, 2.75) is 13.8 Å². The van der Waals surface area contributed by atoms with E-state index in [0.717, 1.165) is 11.4 Å². The van der Waals surface area contributed by atoms with Gasteiger partial charge in [0, 0.05) is 5.56 Å². The second-order valence-electron chi connectivity index (χ2n) is 3.31. The minimum absolute atomic E-state index is 0.484. The number of aryl methyl sites for hydroxylation is 2. The summed E-state index contributed by atoms with van der Waals surface area (Å²) in [6.45, 7) is 4.17. The van der Waals surface area contributed by atoms with Gasteiger partial charge in [0.15, 0.2) is 5.82 Å². The maximum Gasteiger partial charge on any atom is 0.213 e. The molecule has 4 heteroatoms. The minimum atomic E-state index is 0.484. The SMILES string of the molecule is Cc1ccc(-c2nc(=S)[nH][nH]2)cc1C. The molecule has 0 fully saturated rings. The van der Waals surface area contributed by atoms with Crippen LogP contribution in [-0.2, 0) is 0 Å². The summed E-state index contributed by atoms with van der Waals surface area (Å²) in [6, 6.07) is 6.21. The summed E-state index contributed by atoms with van der Waals surface area (Å²) in [6.07, 6.45) is 0. The van der Waals surface area contributed by atoms with Crippen LogP contribution in [0.5, 0.6) is 0 Å². The van der Waals surface area contributed by atoms with Gasteiger partial charge in [-0.25, -0.2) is 0 Å². The van der Waals surface area contributed by atoms with Crippen LogP contribution in [0.15, 0.2) is 18.2 Å². The van der Waals surface area contributed by atoms with Gasteiger partial charge in [-0.15, -0.1) is 0 Å². The number of H-pyrrole nitrogens is 2. The van der Waals surface area contributed by atoms with Gasteiger partial charge in [0.05, 0.1) is 0 Å². The first-order valence-corrected chi connectivity index (χ1v) is 4.80. The average molecular weight is 205 g/mol. The van der Waals surface area contributed by atoms with E-state index in [-0.39, 0.29) is 0 Å². The van der Waals surface area contributed by atoms with Crippen LogP contribution >= 0.6 is 12.2 Å². The second kappa shape index (κ2) is 3.38. The zero-order chi connectivity index (χ0) is 10.1. The highest BCUT2D eigenvalue weighted by molar-refractivity contribution is 7.71. The number of rotatable bonds is 1. The number of nitrogens with zero attached hydrogens (tertiary/aromatic N) is 1. The van der Waals surface area contributed by atoms with E-state index >= 15 is 0 Å². The van der Waals surface area contributed by atoms with Gasteiger partial charge in [-0.3, -0.25) is 10.2 Å². The summed E-state index contributed by atoms with van der Waals surface area (Å²) >= 11 is 4.89. The first-order chi connectivity index (χ1) is 6.66. The van der Waals surface area contributed by atoms with Crippen LogP contribution in [0, 0.1) is 18.6 Å². The van der Waals surface area contributed by atoms with Crippen molar-refractivity contribution in [1.82, 2.24) is 15.2 Å². The third-order valence-electron chi connectivity index (χ3n) is 2.28. The minimum Gasteiger partial charge on any atom is -0.282 e. The molecule has 1 aromatic carbocycles. The number of aromatic nitrogens is 3. The molecule has 14 heavy (non-hydrogen) atoms. The Labute approximate surface area is 87.2 Å². The lowest BCUT2D eigenvalue weighted by Gasteiger charge is -2.01. The molecular weight excluding hydrogens is 194 g/mol.